The van der Waals surface area contributed by atoms with E-state index < -0.39 is 0 Å². The van der Waals surface area contributed by atoms with Crippen molar-refractivity contribution >= 4 is 17.3 Å². The standard InChI is InChI=1S/C15H20N2O2/c1-11-9-13(6-7-15(11)17-12(2)18)16-10-14-5-3-4-8-19-14/h4,6-9,14,16H,3,5,10H2,1-2H3,(H,17,18). The summed E-state index contributed by atoms with van der Waals surface area (Å²) in [5, 5.41) is 6.17. The molecular weight excluding hydrogens is 240 g/mol. The fourth-order valence-electron chi connectivity index (χ4n) is 2.07. The highest BCUT2D eigenvalue weighted by Gasteiger charge is 2.10. The Kier molecular flexibility index (Phi) is 4.44. The van der Waals surface area contributed by atoms with Gasteiger partial charge in [-0.15, -0.1) is 0 Å². The van der Waals surface area contributed by atoms with Crippen LogP contribution in [-0.4, -0.2) is 18.6 Å². The molecule has 1 aromatic carbocycles. The molecule has 1 aliphatic rings. The molecular formula is C15H20N2O2. The molecule has 0 saturated carbocycles. The molecule has 1 unspecified atom stereocenters. The van der Waals surface area contributed by atoms with E-state index in [2.05, 4.69) is 10.6 Å². The van der Waals surface area contributed by atoms with Crippen LogP contribution in [0.25, 0.3) is 0 Å². The molecule has 19 heavy (non-hydrogen) atoms. The lowest BCUT2D eigenvalue weighted by molar-refractivity contribution is -0.114. The number of aryl methyl sites for hydroxylation is 1. The summed E-state index contributed by atoms with van der Waals surface area (Å²) in [4.78, 5) is 11.0. The Morgan fingerprint density at radius 1 is 1.47 bits per heavy atom. The van der Waals surface area contributed by atoms with Gasteiger partial charge in [-0.3, -0.25) is 4.79 Å². The van der Waals surface area contributed by atoms with Crippen LogP contribution >= 0.6 is 0 Å². The van der Waals surface area contributed by atoms with Gasteiger partial charge in [0.2, 0.25) is 5.91 Å². The van der Waals surface area contributed by atoms with Crippen molar-refractivity contribution in [2.45, 2.75) is 32.8 Å². The zero-order valence-electron chi connectivity index (χ0n) is 11.4. The number of allylic oxidation sites excluding steroid dienone is 1. The van der Waals surface area contributed by atoms with Gasteiger partial charge in [0, 0.05) is 18.3 Å². The van der Waals surface area contributed by atoms with E-state index in [0.29, 0.717) is 0 Å². The Hall–Kier alpha value is -1.97. The molecule has 102 valence electrons. The summed E-state index contributed by atoms with van der Waals surface area (Å²) in [6.45, 7) is 4.29. The maximum Gasteiger partial charge on any atom is 0.221 e. The second kappa shape index (κ2) is 6.27. The Labute approximate surface area is 113 Å². The number of ether oxygens (including phenoxy) is 1. The van der Waals surface area contributed by atoms with Crippen LogP contribution in [0.3, 0.4) is 0 Å². The molecule has 0 spiro atoms. The molecule has 2 rings (SSSR count). The predicted molar refractivity (Wildman–Crippen MR) is 77.2 cm³/mol. The summed E-state index contributed by atoms with van der Waals surface area (Å²) in [6, 6.07) is 5.92. The van der Waals surface area contributed by atoms with Crippen LogP contribution in [0.4, 0.5) is 11.4 Å². The average molecular weight is 260 g/mol. The smallest absolute Gasteiger partial charge is 0.221 e. The molecule has 1 aromatic rings. The molecule has 1 amide bonds. The van der Waals surface area contributed by atoms with Gasteiger partial charge in [-0.05, 0) is 49.6 Å². The van der Waals surface area contributed by atoms with Gasteiger partial charge >= 0.3 is 0 Å². The molecule has 4 nitrogen and oxygen atoms in total. The lowest BCUT2D eigenvalue weighted by Crippen LogP contribution is -2.23. The van der Waals surface area contributed by atoms with Crippen molar-refractivity contribution in [1.82, 2.24) is 0 Å². The first-order valence-corrected chi connectivity index (χ1v) is 6.58. The van der Waals surface area contributed by atoms with E-state index in [1.54, 1.807) is 6.26 Å². The average Bonchev–Trinajstić information content (AvgIpc) is 2.40. The van der Waals surface area contributed by atoms with Crippen molar-refractivity contribution in [3.63, 3.8) is 0 Å². The molecule has 0 fully saturated rings. The molecule has 0 aliphatic carbocycles. The van der Waals surface area contributed by atoms with Crippen LogP contribution in [0.15, 0.2) is 30.5 Å². The van der Waals surface area contributed by atoms with Gasteiger partial charge in [-0.25, -0.2) is 0 Å². The van der Waals surface area contributed by atoms with Crippen molar-refractivity contribution < 1.29 is 9.53 Å². The Balaban J connectivity index is 1.92. The van der Waals surface area contributed by atoms with E-state index >= 15 is 0 Å². The fourth-order valence-corrected chi connectivity index (χ4v) is 2.07. The maximum atomic E-state index is 11.0. The van der Waals surface area contributed by atoms with Crippen LogP contribution in [0.5, 0.6) is 0 Å². The van der Waals surface area contributed by atoms with Crippen LogP contribution < -0.4 is 10.6 Å². The van der Waals surface area contributed by atoms with Gasteiger partial charge in [0.05, 0.1) is 12.8 Å². The Morgan fingerprint density at radius 3 is 2.95 bits per heavy atom. The summed E-state index contributed by atoms with van der Waals surface area (Å²) in [6.07, 6.45) is 6.18. The Morgan fingerprint density at radius 2 is 2.32 bits per heavy atom. The first-order chi connectivity index (χ1) is 9.15. The molecule has 0 radical (unpaired) electrons. The van der Waals surface area contributed by atoms with Gasteiger partial charge < -0.3 is 15.4 Å². The minimum Gasteiger partial charge on any atom is -0.497 e. The first-order valence-electron chi connectivity index (χ1n) is 6.58. The number of hydrogen-bond acceptors (Lipinski definition) is 3. The molecule has 1 aliphatic heterocycles. The van der Waals surface area contributed by atoms with Crippen molar-refractivity contribution in [2.75, 3.05) is 17.2 Å². The highest BCUT2D eigenvalue weighted by Crippen LogP contribution is 2.20. The molecule has 0 bridgehead atoms. The third-order valence-corrected chi connectivity index (χ3v) is 3.09. The zero-order chi connectivity index (χ0) is 13.7. The van der Waals surface area contributed by atoms with Gasteiger partial charge in [-0.1, -0.05) is 0 Å². The van der Waals surface area contributed by atoms with Crippen LogP contribution in [0, 0.1) is 6.92 Å². The lowest BCUT2D eigenvalue weighted by atomic mass is 10.1. The molecule has 1 heterocycles. The zero-order valence-corrected chi connectivity index (χ0v) is 11.4. The highest BCUT2D eigenvalue weighted by molar-refractivity contribution is 5.89. The third-order valence-electron chi connectivity index (χ3n) is 3.09. The number of carbonyl (C=O) groups is 1. The summed E-state index contributed by atoms with van der Waals surface area (Å²) in [7, 11) is 0. The predicted octanol–water partition coefficient (Wildman–Crippen LogP) is 3.06. The van der Waals surface area contributed by atoms with Crippen molar-refractivity contribution in [3.8, 4) is 0 Å². The summed E-state index contributed by atoms with van der Waals surface area (Å²) >= 11 is 0. The number of hydrogen-bond donors (Lipinski definition) is 2. The van der Waals surface area contributed by atoms with Gasteiger partial charge in [0.15, 0.2) is 0 Å². The highest BCUT2D eigenvalue weighted by atomic mass is 16.5. The monoisotopic (exact) mass is 260 g/mol. The van der Waals surface area contributed by atoms with E-state index in [4.69, 9.17) is 4.74 Å². The first kappa shape index (κ1) is 13.5. The molecule has 0 aromatic heterocycles. The number of rotatable bonds is 4. The fraction of sp³-hybridized carbons (Fsp3) is 0.400. The number of amides is 1. The van der Waals surface area contributed by atoms with Crippen molar-refractivity contribution in [3.05, 3.63) is 36.1 Å². The van der Waals surface area contributed by atoms with Gasteiger partial charge in [0.25, 0.3) is 0 Å². The third kappa shape index (κ3) is 4.02. The quantitative estimate of drug-likeness (QED) is 0.874. The second-order valence-corrected chi connectivity index (χ2v) is 4.80. The number of carbonyl (C=O) groups excluding carboxylic acids is 1. The van der Waals surface area contributed by atoms with Crippen LogP contribution in [0.1, 0.15) is 25.3 Å². The van der Waals surface area contributed by atoms with E-state index in [0.717, 1.165) is 36.3 Å². The summed E-state index contributed by atoms with van der Waals surface area (Å²) in [5.41, 5.74) is 2.95. The second-order valence-electron chi connectivity index (χ2n) is 4.80. The minimum absolute atomic E-state index is 0.0498. The SMILES string of the molecule is CC(=O)Nc1ccc(NCC2CCC=CO2)cc1C. The summed E-state index contributed by atoms with van der Waals surface area (Å²) in [5.74, 6) is -0.0498. The van der Waals surface area contributed by atoms with E-state index in [1.807, 2.05) is 31.2 Å². The Bertz CT molecular complexity index is 483. The van der Waals surface area contributed by atoms with E-state index in [1.165, 1.54) is 6.92 Å². The van der Waals surface area contributed by atoms with Crippen molar-refractivity contribution in [1.29, 1.82) is 0 Å². The lowest BCUT2D eigenvalue weighted by Gasteiger charge is -2.20. The molecule has 2 N–H and O–H groups in total. The molecule has 1 atom stereocenters. The van der Waals surface area contributed by atoms with Crippen LogP contribution in [0.2, 0.25) is 0 Å². The number of nitrogens with one attached hydrogen (secondary N) is 2. The van der Waals surface area contributed by atoms with Gasteiger partial charge in [-0.2, -0.15) is 0 Å². The van der Waals surface area contributed by atoms with E-state index in [-0.39, 0.29) is 12.0 Å². The summed E-state index contributed by atoms with van der Waals surface area (Å²) < 4.78 is 5.51. The minimum atomic E-state index is -0.0498. The molecule has 4 heteroatoms. The normalized spacial score (nSPS) is 17.7. The maximum absolute atomic E-state index is 11.0. The topological polar surface area (TPSA) is 50.4 Å². The van der Waals surface area contributed by atoms with Crippen LogP contribution in [-0.2, 0) is 9.53 Å². The largest absolute Gasteiger partial charge is 0.497 e. The van der Waals surface area contributed by atoms with Crippen molar-refractivity contribution in [2.24, 2.45) is 0 Å². The molecule has 0 saturated heterocycles. The number of anilines is 2. The number of benzene rings is 1. The van der Waals surface area contributed by atoms with E-state index in [9.17, 15) is 4.79 Å². The van der Waals surface area contributed by atoms with Gasteiger partial charge in [0.1, 0.15) is 6.10 Å².